The molecule has 7 heteroatoms. The van der Waals surface area contributed by atoms with E-state index in [1.165, 1.54) is 0 Å². The second kappa shape index (κ2) is 8.61. The van der Waals surface area contributed by atoms with Crippen molar-refractivity contribution in [3.8, 4) is 0 Å². The second-order valence-corrected chi connectivity index (χ2v) is 5.51. The number of nitrogens with zero attached hydrogens (tertiary/aromatic N) is 4. The highest BCUT2D eigenvalue weighted by molar-refractivity contribution is 5.79. The zero-order valence-corrected chi connectivity index (χ0v) is 14.0. The van der Waals surface area contributed by atoms with Gasteiger partial charge in [0.05, 0.1) is 6.54 Å². The molecule has 7 nitrogen and oxygen atoms in total. The molecule has 0 aliphatic rings. The van der Waals surface area contributed by atoms with Gasteiger partial charge in [-0.05, 0) is 27.7 Å². The second-order valence-electron chi connectivity index (χ2n) is 5.51. The van der Waals surface area contributed by atoms with E-state index in [1.54, 1.807) is 14.0 Å². The Bertz CT molecular complexity index is 432. The summed E-state index contributed by atoms with van der Waals surface area (Å²) < 4.78 is 4.93. The largest absolute Gasteiger partial charge is 0.355 e. The van der Waals surface area contributed by atoms with Crippen LogP contribution >= 0.6 is 0 Å². The van der Waals surface area contributed by atoms with Gasteiger partial charge in [0.2, 0.25) is 5.89 Å². The molecule has 0 radical (unpaired) electrons. The van der Waals surface area contributed by atoms with E-state index in [4.69, 9.17) is 4.52 Å². The van der Waals surface area contributed by atoms with Crippen molar-refractivity contribution in [1.29, 1.82) is 0 Å². The fraction of sp³-hybridized carbons (Fsp3) is 0.786. The molecule has 0 saturated carbocycles. The lowest BCUT2D eigenvalue weighted by Gasteiger charge is -2.30. The predicted octanol–water partition coefficient (Wildman–Crippen LogP) is 1.16. The summed E-state index contributed by atoms with van der Waals surface area (Å²) in [5.41, 5.74) is 0. The molecule has 0 saturated heterocycles. The Morgan fingerprint density at radius 3 is 2.38 bits per heavy atom. The third-order valence-corrected chi connectivity index (χ3v) is 3.20. The molecule has 0 unspecified atom stereocenters. The SMILES string of the molecule is CN=C(NCCN(C(C)C)C(C)C)NCc1noc(C)n1. The monoisotopic (exact) mass is 296 g/mol. The maximum atomic E-state index is 4.93. The summed E-state index contributed by atoms with van der Waals surface area (Å²) in [5, 5.41) is 10.3. The van der Waals surface area contributed by atoms with Crippen molar-refractivity contribution < 1.29 is 4.52 Å². The van der Waals surface area contributed by atoms with Gasteiger partial charge >= 0.3 is 0 Å². The molecule has 0 spiro atoms. The lowest BCUT2D eigenvalue weighted by atomic mass is 10.2. The standard InChI is InChI=1S/C14H28N6O/c1-10(2)20(11(3)4)8-7-16-14(15-6)17-9-13-18-12(5)21-19-13/h10-11H,7-9H2,1-6H3,(H2,15,16,17). The third-order valence-electron chi connectivity index (χ3n) is 3.20. The zero-order valence-electron chi connectivity index (χ0n) is 14.0. The van der Waals surface area contributed by atoms with Crippen LogP contribution in [0.15, 0.2) is 9.52 Å². The summed E-state index contributed by atoms with van der Waals surface area (Å²) in [7, 11) is 1.75. The van der Waals surface area contributed by atoms with E-state index in [0.717, 1.165) is 19.0 Å². The predicted molar refractivity (Wildman–Crippen MR) is 84.2 cm³/mol. The molecule has 2 N–H and O–H groups in total. The van der Waals surface area contributed by atoms with Gasteiger partial charge in [-0.15, -0.1) is 0 Å². The maximum absolute atomic E-state index is 4.93. The van der Waals surface area contributed by atoms with Crippen LogP contribution in [-0.2, 0) is 6.54 Å². The highest BCUT2D eigenvalue weighted by atomic mass is 16.5. The molecule has 0 amide bonds. The van der Waals surface area contributed by atoms with Gasteiger partial charge in [-0.25, -0.2) is 0 Å². The van der Waals surface area contributed by atoms with E-state index < -0.39 is 0 Å². The molecule has 1 aromatic rings. The zero-order chi connectivity index (χ0) is 15.8. The fourth-order valence-corrected chi connectivity index (χ4v) is 2.21. The minimum Gasteiger partial charge on any atom is -0.355 e. The van der Waals surface area contributed by atoms with Crippen molar-refractivity contribution in [2.24, 2.45) is 4.99 Å². The lowest BCUT2D eigenvalue weighted by Crippen LogP contribution is -2.45. The molecule has 0 aliphatic carbocycles. The van der Waals surface area contributed by atoms with Crippen molar-refractivity contribution in [2.45, 2.75) is 53.2 Å². The van der Waals surface area contributed by atoms with Crippen molar-refractivity contribution >= 4 is 5.96 Å². The first-order valence-electron chi connectivity index (χ1n) is 7.43. The van der Waals surface area contributed by atoms with Gasteiger partial charge in [-0.1, -0.05) is 5.16 Å². The Morgan fingerprint density at radius 2 is 1.90 bits per heavy atom. The van der Waals surface area contributed by atoms with Crippen LogP contribution in [0, 0.1) is 6.92 Å². The smallest absolute Gasteiger partial charge is 0.223 e. The lowest BCUT2D eigenvalue weighted by molar-refractivity contribution is 0.178. The minimum atomic E-state index is 0.495. The molecule has 1 aromatic heterocycles. The number of nitrogens with one attached hydrogen (secondary N) is 2. The van der Waals surface area contributed by atoms with Gasteiger partial charge in [0, 0.05) is 39.1 Å². The van der Waals surface area contributed by atoms with Gasteiger partial charge < -0.3 is 15.2 Å². The van der Waals surface area contributed by atoms with Gasteiger partial charge in [-0.3, -0.25) is 9.89 Å². The van der Waals surface area contributed by atoms with E-state index in [-0.39, 0.29) is 0 Å². The van der Waals surface area contributed by atoms with E-state index in [1.807, 2.05) is 0 Å². The Labute approximate surface area is 127 Å². The summed E-state index contributed by atoms with van der Waals surface area (Å²) in [6.45, 7) is 12.9. The molecular formula is C14H28N6O. The van der Waals surface area contributed by atoms with Crippen LogP contribution in [0.25, 0.3) is 0 Å². The average molecular weight is 296 g/mol. The summed E-state index contributed by atoms with van der Waals surface area (Å²) >= 11 is 0. The van der Waals surface area contributed by atoms with Crippen LogP contribution in [0.4, 0.5) is 0 Å². The Kier molecular flexibility index (Phi) is 7.14. The summed E-state index contributed by atoms with van der Waals surface area (Å²) in [4.78, 5) is 10.8. The van der Waals surface area contributed by atoms with E-state index in [9.17, 15) is 0 Å². The van der Waals surface area contributed by atoms with Gasteiger partial charge in [0.25, 0.3) is 0 Å². The summed E-state index contributed by atoms with van der Waals surface area (Å²) in [5.74, 6) is 1.94. The molecule has 0 atom stereocenters. The Hall–Kier alpha value is -1.63. The van der Waals surface area contributed by atoms with Crippen LogP contribution in [0.5, 0.6) is 0 Å². The molecule has 21 heavy (non-hydrogen) atoms. The third kappa shape index (κ3) is 6.12. The highest BCUT2D eigenvalue weighted by Gasteiger charge is 2.12. The number of rotatable bonds is 7. The number of hydrogen-bond donors (Lipinski definition) is 2. The van der Waals surface area contributed by atoms with E-state index in [0.29, 0.717) is 30.3 Å². The number of aromatic nitrogens is 2. The van der Waals surface area contributed by atoms with Gasteiger partial charge in [0.1, 0.15) is 0 Å². The molecule has 0 bridgehead atoms. The van der Waals surface area contributed by atoms with Crippen molar-refractivity contribution in [3.05, 3.63) is 11.7 Å². The molecule has 1 heterocycles. The Balaban J connectivity index is 2.34. The van der Waals surface area contributed by atoms with Crippen LogP contribution in [0.3, 0.4) is 0 Å². The number of hydrogen-bond acceptors (Lipinski definition) is 5. The number of aliphatic imine (C=N–C) groups is 1. The van der Waals surface area contributed by atoms with Crippen molar-refractivity contribution in [1.82, 2.24) is 25.7 Å². The number of guanidine groups is 1. The molecular weight excluding hydrogens is 268 g/mol. The van der Waals surface area contributed by atoms with Crippen molar-refractivity contribution in [2.75, 3.05) is 20.1 Å². The fourth-order valence-electron chi connectivity index (χ4n) is 2.21. The summed E-state index contributed by atoms with van der Waals surface area (Å²) in [6, 6.07) is 1.06. The first-order chi connectivity index (χ1) is 9.93. The molecule has 0 fully saturated rings. The van der Waals surface area contributed by atoms with E-state index >= 15 is 0 Å². The molecule has 1 rings (SSSR count). The molecule has 120 valence electrons. The number of aryl methyl sites for hydroxylation is 1. The quantitative estimate of drug-likeness (QED) is 0.581. The van der Waals surface area contributed by atoms with Crippen LogP contribution < -0.4 is 10.6 Å². The molecule has 0 aliphatic heterocycles. The molecule has 0 aromatic carbocycles. The van der Waals surface area contributed by atoms with Gasteiger partial charge in [-0.2, -0.15) is 4.98 Å². The van der Waals surface area contributed by atoms with Crippen molar-refractivity contribution in [3.63, 3.8) is 0 Å². The van der Waals surface area contributed by atoms with Crippen LogP contribution in [-0.4, -0.2) is 53.2 Å². The minimum absolute atomic E-state index is 0.495. The van der Waals surface area contributed by atoms with Crippen LogP contribution in [0.1, 0.15) is 39.4 Å². The normalized spacial score (nSPS) is 12.5. The van der Waals surface area contributed by atoms with Gasteiger partial charge in [0.15, 0.2) is 11.8 Å². The van der Waals surface area contributed by atoms with Crippen LogP contribution in [0.2, 0.25) is 0 Å². The first kappa shape index (κ1) is 17.4. The first-order valence-corrected chi connectivity index (χ1v) is 7.43. The Morgan fingerprint density at radius 1 is 1.24 bits per heavy atom. The maximum Gasteiger partial charge on any atom is 0.223 e. The summed E-state index contributed by atoms with van der Waals surface area (Å²) in [6.07, 6.45) is 0. The topological polar surface area (TPSA) is 78.6 Å². The average Bonchev–Trinajstić information content (AvgIpc) is 2.82. The highest BCUT2D eigenvalue weighted by Crippen LogP contribution is 2.03. The van der Waals surface area contributed by atoms with E-state index in [2.05, 4.69) is 58.4 Å².